The van der Waals surface area contributed by atoms with Crippen molar-refractivity contribution in [3.63, 3.8) is 0 Å². The number of nitrogens with one attached hydrogen (secondary N) is 1. The van der Waals surface area contributed by atoms with Crippen LogP contribution in [0.1, 0.15) is 50.9 Å². The first-order chi connectivity index (χ1) is 19.1. The van der Waals surface area contributed by atoms with Gasteiger partial charge in [0.1, 0.15) is 6.73 Å². The Morgan fingerprint density at radius 3 is 2.31 bits per heavy atom. The van der Waals surface area contributed by atoms with Crippen molar-refractivity contribution < 1.29 is 14.3 Å². The fraction of sp³-hybridized carbons (Fsp3) is 0.121. The number of rotatable bonds is 10. The summed E-state index contributed by atoms with van der Waals surface area (Å²) >= 11 is 0. The van der Waals surface area contributed by atoms with E-state index in [9.17, 15) is 9.59 Å². The van der Waals surface area contributed by atoms with Crippen molar-refractivity contribution in [3.8, 4) is 0 Å². The first-order valence-electron chi connectivity index (χ1n) is 12.9. The van der Waals surface area contributed by atoms with E-state index in [1.54, 1.807) is 41.1 Å². The Hall–Kier alpha value is -4.81. The second kappa shape index (κ2) is 12.2. The Morgan fingerprint density at radius 2 is 1.54 bits per heavy atom. The van der Waals surface area contributed by atoms with Gasteiger partial charge >= 0.3 is 0 Å². The molecule has 1 N–H and O–H groups in total. The van der Waals surface area contributed by atoms with Gasteiger partial charge in [-0.15, -0.1) is 0 Å². The maximum absolute atomic E-state index is 13.5. The Bertz CT molecular complexity index is 1620. The zero-order chi connectivity index (χ0) is 27.0. The molecule has 39 heavy (non-hydrogen) atoms. The third kappa shape index (κ3) is 6.20. The molecule has 0 aliphatic rings. The van der Waals surface area contributed by atoms with Crippen LogP contribution in [0, 0.1) is 0 Å². The van der Waals surface area contributed by atoms with Gasteiger partial charge in [0.05, 0.1) is 11.2 Å². The maximum Gasteiger partial charge on any atom is 0.255 e. The van der Waals surface area contributed by atoms with Gasteiger partial charge in [0.25, 0.3) is 5.91 Å². The summed E-state index contributed by atoms with van der Waals surface area (Å²) in [6.45, 7) is 2.97. The Morgan fingerprint density at radius 1 is 0.821 bits per heavy atom. The van der Waals surface area contributed by atoms with Crippen LogP contribution in [0.2, 0.25) is 0 Å². The van der Waals surface area contributed by atoms with Gasteiger partial charge in [-0.05, 0) is 54.5 Å². The summed E-state index contributed by atoms with van der Waals surface area (Å²) in [5.41, 5.74) is 4.82. The second-order valence-electron chi connectivity index (χ2n) is 9.13. The maximum atomic E-state index is 13.5. The highest BCUT2D eigenvalue weighted by Gasteiger charge is 2.15. The molecular weight excluding hydrogens is 486 g/mol. The molecule has 5 aromatic rings. The molecule has 0 aliphatic carbocycles. The molecule has 0 spiro atoms. The molecule has 5 rings (SSSR count). The zero-order valence-corrected chi connectivity index (χ0v) is 21.7. The standard InChI is InChI=1S/C33H29N3O3/c1-2-20-39-23-36-31-22-27(17-18-29(31)30(35-36)19-16-24-10-5-3-6-11-24)32(37)26-14-9-15-28(21-26)34-33(38)25-12-7-4-8-13-25/h3-19,21-22H,2,20,23H2,1H3,(H,34,38)/b19-16+. The zero-order valence-electron chi connectivity index (χ0n) is 21.7. The van der Waals surface area contributed by atoms with Crippen LogP contribution < -0.4 is 5.32 Å². The van der Waals surface area contributed by atoms with Crippen molar-refractivity contribution in [1.82, 2.24) is 9.78 Å². The molecule has 0 aliphatic heterocycles. The van der Waals surface area contributed by atoms with Crippen LogP contribution in [0.15, 0.2) is 103 Å². The lowest BCUT2D eigenvalue weighted by molar-refractivity contribution is 0.0722. The van der Waals surface area contributed by atoms with E-state index in [1.165, 1.54) is 0 Å². The predicted molar refractivity (Wildman–Crippen MR) is 156 cm³/mol. The number of hydrogen-bond donors (Lipinski definition) is 1. The fourth-order valence-electron chi connectivity index (χ4n) is 4.29. The molecule has 0 saturated carbocycles. The summed E-state index contributed by atoms with van der Waals surface area (Å²) in [6, 6.07) is 31.6. The van der Waals surface area contributed by atoms with Gasteiger partial charge in [-0.2, -0.15) is 5.10 Å². The molecule has 194 valence electrons. The number of benzene rings is 4. The molecule has 0 fully saturated rings. The number of nitrogens with zero attached hydrogens (tertiary/aromatic N) is 2. The lowest BCUT2D eigenvalue weighted by atomic mass is 10.0. The van der Waals surface area contributed by atoms with Crippen LogP contribution in [0.4, 0.5) is 5.69 Å². The lowest BCUT2D eigenvalue weighted by Gasteiger charge is -2.08. The highest BCUT2D eigenvalue weighted by atomic mass is 16.5. The van der Waals surface area contributed by atoms with Crippen molar-refractivity contribution in [2.75, 3.05) is 11.9 Å². The van der Waals surface area contributed by atoms with Crippen LogP contribution >= 0.6 is 0 Å². The summed E-state index contributed by atoms with van der Waals surface area (Å²) in [6.07, 6.45) is 4.91. The van der Waals surface area contributed by atoms with Crippen LogP contribution in [0.25, 0.3) is 23.1 Å². The van der Waals surface area contributed by atoms with Gasteiger partial charge in [0.2, 0.25) is 0 Å². The van der Waals surface area contributed by atoms with E-state index in [1.807, 2.05) is 78.9 Å². The molecule has 1 aromatic heterocycles. The second-order valence-corrected chi connectivity index (χ2v) is 9.13. The minimum Gasteiger partial charge on any atom is -0.359 e. The van der Waals surface area contributed by atoms with E-state index in [0.717, 1.165) is 28.6 Å². The van der Waals surface area contributed by atoms with Crippen LogP contribution in [-0.2, 0) is 11.5 Å². The molecule has 6 nitrogen and oxygen atoms in total. The van der Waals surface area contributed by atoms with Crippen molar-refractivity contribution in [2.45, 2.75) is 20.1 Å². The monoisotopic (exact) mass is 515 g/mol. The minimum atomic E-state index is -0.228. The van der Waals surface area contributed by atoms with Gasteiger partial charge in [0, 0.05) is 34.4 Å². The number of amides is 1. The molecule has 4 aromatic carbocycles. The summed E-state index contributed by atoms with van der Waals surface area (Å²) in [4.78, 5) is 26.1. The highest BCUT2D eigenvalue weighted by molar-refractivity contribution is 6.12. The molecular formula is C33H29N3O3. The summed E-state index contributed by atoms with van der Waals surface area (Å²) in [5, 5.41) is 8.58. The number of carbonyl (C=O) groups excluding carboxylic acids is 2. The first-order valence-corrected chi connectivity index (χ1v) is 12.9. The SMILES string of the molecule is CCCOCn1nc(/C=C/c2ccccc2)c2ccc(C(=O)c3cccc(NC(=O)c4ccccc4)c3)cc21. The number of aromatic nitrogens is 2. The topological polar surface area (TPSA) is 73.2 Å². The Balaban J connectivity index is 1.43. The summed E-state index contributed by atoms with van der Waals surface area (Å²) in [7, 11) is 0. The first kappa shape index (κ1) is 25.8. The minimum absolute atomic E-state index is 0.142. The highest BCUT2D eigenvalue weighted by Crippen LogP contribution is 2.25. The largest absolute Gasteiger partial charge is 0.359 e. The number of carbonyl (C=O) groups is 2. The van der Waals surface area contributed by atoms with Crippen molar-refractivity contribution in [2.24, 2.45) is 0 Å². The van der Waals surface area contributed by atoms with Gasteiger partial charge in [-0.1, -0.05) is 79.7 Å². The normalized spacial score (nSPS) is 11.2. The van der Waals surface area contributed by atoms with E-state index in [0.29, 0.717) is 35.7 Å². The summed E-state index contributed by atoms with van der Waals surface area (Å²) < 4.78 is 7.57. The molecule has 0 saturated heterocycles. The van der Waals surface area contributed by atoms with Gasteiger partial charge < -0.3 is 10.1 Å². The molecule has 1 heterocycles. The van der Waals surface area contributed by atoms with Crippen LogP contribution in [0.3, 0.4) is 0 Å². The molecule has 0 atom stereocenters. The number of anilines is 1. The lowest BCUT2D eigenvalue weighted by Crippen LogP contribution is -2.12. The number of ketones is 1. The predicted octanol–water partition coefficient (Wildman–Crippen LogP) is 7.07. The quantitative estimate of drug-likeness (QED) is 0.159. The van der Waals surface area contributed by atoms with E-state index in [-0.39, 0.29) is 11.7 Å². The average molecular weight is 516 g/mol. The van der Waals surface area contributed by atoms with Crippen molar-refractivity contribution in [3.05, 3.63) is 131 Å². The third-order valence-electron chi connectivity index (χ3n) is 6.26. The van der Waals surface area contributed by atoms with Gasteiger partial charge in [-0.3, -0.25) is 9.59 Å². The molecule has 1 amide bonds. The molecule has 6 heteroatoms. The third-order valence-corrected chi connectivity index (χ3v) is 6.26. The molecule has 0 radical (unpaired) electrons. The Kier molecular flexibility index (Phi) is 8.05. The van der Waals surface area contributed by atoms with E-state index >= 15 is 0 Å². The smallest absolute Gasteiger partial charge is 0.255 e. The van der Waals surface area contributed by atoms with Crippen molar-refractivity contribution >= 4 is 40.4 Å². The van der Waals surface area contributed by atoms with E-state index in [4.69, 9.17) is 9.84 Å². The van der Waals surface area contributed by atoms with Gasteiger partial charge in [0.15, 0.2) is 5.78 Å². The van der Waals surface area contributed by atoms with Crippen molar-refractivity contribution in [1.29, 1.82) is 0 Å². The average Bonchev–Trinajstić information content (AvgIpc) is 3.33. The number of fused-ring (bicyclic) bond motifs is 1. The van der Waals surface area contributed by atoms with E-state index in [2.05, 4.69) is 12.2 Å². The fourth-order valence-corrected chi connectivity index (χ4v) is 4.29. The van der Waals surface area contributed by atoms with Crippen LogP contribution in [-0.4, -0.2) is 28.1 Å². The summed E-state index contributed by atoms with van der Waals surface area (Å²) in [5.74, 6) is -0.370. The Labute approximate surface area is 227 Å². The number of ether oxygens (including phenoxy) is 1. The van der Waals surface area contributed by atoms with E-state index < -0.39 is 0 Å². The molecule has 0 bridgehead atoms. The molecule has 0 unspecified atom stereocenters. The number of hydrogen-bond acceptors (Lipinski definition) is 4. The van der Waals surface area contributed by atoms with Crippen LogP contribution in [0.5, 0.6) is 0 Å². The van der Waals surface area contributed by atoms with Gasteiger partial charge in [-0.25, -0.2) is 4.68 Å².